The highest BCUT2D eigenvalue weighted by Crippen LogP contribution is 2.33. The van der Waals surface area contributed by atoms with E-state index in [9.17, 15) is 31.7 Å². The number of rotatable bonds is 3. The van der Waals surface area contributed by atoms with Crippen molar-refractivity contribution in [1.82, 2.24) is 4.98 Å². The molecule has 106 valence electrons. The Hall–Kier alpha value is -1.62. The second-order valence-electron chi connectivity index (χ2n) is 3.15. The Bertz CT molecular complexity index is 630. The van der Waals surface area contributed by atoms with E-state index in [0.717, 1.165) is 6.92 Å². The van der Waals surface area contributed by atoms with Crippen molar-refractivity contribution in [2.24, 2.45) is 0 Å². The van der Waals surface area contributed by atoms with E-state index >= 15 is 0 Å². The van der Waals surface area contributed by atoms with E-state index in [2.05, 4.69) is 9.72 Å². The summed E-state index contributed by atoms with van der Waals surface area (Å²) in [6, 6.07) is 0.356. The minimum Gasteiger partial charge on any atom is -0.405 e. The van der Waals surface area contributed by atoms with E-state index in [-0.39, 0.29) is 0 Å². The van der Waals surface area contributed by atoms with Crippen molar-refractivity contribution in [2.45, 2.75) is 18.3 Å². The van der Waals surface area contributed by atoms with Crippen molar-refractivity contribution in [3.63, 3.8) is 0 Å². The molecule has 0 aromatic carbocycles. The first-order valence-electron chi connectivity index (χ1n) is 4.28. The maximum absolute atomic E-state index is 12.1. The van der Waals surface area contributed by atoms with Gasteiger partial charge in [0.2, 0.25) is 0 Å². The molecule has 0 atom stereocenters. The van der Waals surface area contributed by atoms with Crippen molar-refractivity contribution in [1.29, 1.82) is 0 Å². The number of alkyl halides is 3. The zero-order valence-corrected chi connectivity index (χ0v) is 10.5. The zero-order chi connectivity index (χ0) is 15.0. The van der Waals surface area contributed by atoms with Gasteiger partial charge in [0, 0.05) is 10.7 Å². The standard InChI is InChI=1S/C7H4ClF3N2O5S/c1-3-4(18-7(9,10)11)2-5(13(14)15)12-6(3)19(8,16)17/h2H,1H3. The van der Waals surface area contributed by atoms with Gasteiger partial charge in [-0.05, 0) is 16.8 Å². The summed E-state index contributed by atoms with van der Waals surface area (Å²) in [7, 11) is 0.376. The zero-order valence-electron chi connectivity index (χ0n) is 8.93. The molecule has 0 unspecified atom stereocenters. The summed E-state index contributed by atoms with van der Waals surface area (Å²) in [6.45, 7) is 0.924. The van der Waals surface area contributed by atoms with Gasteiger partial charge in [0.15, 0.2) is 0 Å². The van der Waals surface area contributed by atoms with E-state index in [0.29, 0.717) is 6.07 Å². The number of hydrogen-bond donors (Lipinski definition) is 0. The molecule has 7 nitrogen and oxygen atoms in total. The van der Waals surface area contributed by atoms with Gasteiger partial charge in [-0.15, -0.1) is 13.2 Å². The molecule has 0 radical (unpaired) electrons. The van der Waals surface area contributed by atoms with E-state index in [1.54, 1.807) is 0 Å². The Morgan fingerprint density at radius 2 is 2.00 bits per heavy atom. The highest BCUT2D eigenvalue weighted by atomic mass is 35.7. The van der Waals surface area contributed by atoms with Crippen LogP contribution in [-0.2, 0) is 9.05 Å². The molecule has 1 heterocycles. The number of ether oxygens (including phenoxy) is 1. The Labute approximate surface area is 108 Å². The molecule has 0 aliphatic rings. The molecule has 1 aromatic heterocycles. The molecule has 0 bridgehead atoms. The van der Waals surface area contributed by atoms with Crippen LogP contribution in [-0.4, -0.2) is 24.7 Å². The van der Waals surface area contributed by atoms with Gasteiger partial charge < -0.3 is 14.9 Å². The second kappa shape index (κ2) is 4.81. The number of halogens is 4. The van der Waals surface area contributed by atoms with E-state index in [1.165, 1.54) is 0 Å². The monoisotopic (exact) mass is 320 g/mol. The number of hydrogen-bond acceptors (Lipinski definition) is 6. The van der Waals surface area contributed by atoms with Crippen LogP contribution < -0.4 is 4.74 Å². The largest absolute Gasteiger partial charge is 0.573 e. The summed E-state index contributed by atoms with van der Waals surface area (Å²) < 4.78 is 61.9. The van der Waals surface area contributed by atoms with Gasteiger partial charge in [-0.2, -0.15) is 0 Å². The Kier molecular flexibility index (Phi) is 3.91. The number of pyridine rings is 1. The molecular formula is C7H4ClF3N2O5S. The average molecular weight is 321 g/mol. The smallest absolute Gasteiger partial charge is 0.405 e. The van der Waals surface area contributed by atoms with Gasteiger partial charge in [-0.1, -0.05) is 0 Å². The molecule has 1 rings (SSSR count). The minimum atomic E-state index is -5.15. The Morgan fingerprint density at radius 1 is 1.47 bits per heavy atom. The van der Waals surface area contributed by atoms with Crippen LogP contribution in [0.15, 0.2) is 11.1 Å². The third-order valence-corrected chi connectivity index (χ3v) is 3.11. The maximum Gasteiger partial charge on any atom is 0.573 e. The fourth-order valence-corrected chi connectivity index (χ4v) is 2.23. The summed E-state index contributed by atoms with van der Waals surface area (Å²) in [5.74, 6) is -2.20. The fraction of sp³-hybridized carbons (Fsp3) is 0.286. The van der Waals surface area contributed by atoms with Crippen molar-refractivity contribution in [3.8, 4) is 5.75 Å². The molecule has 1 aromatic rings. The summed E-state index contributed by atoms with van der Waals surface area (Å²) in [6.07, 6.45) is -5.15. The first kappa shape index (κ1) is 15.4. The normalized spacial score (nSPS) is 12.3. The van der Waals surface area contributed by atoms with Crippen molar-refractivity contribution < 1.29 is 31.2 Å². The third kappa shape index (κ3) is 3.92. The molecule has 0 spiro atoms. The van der Waals surface area contributed by atoms with Crippen molar-refractivity contribution in [2.75, 3.05) is 0 Å². The predicted octanol–water partition coefficient (Wildman–Crippen LogP) is 2.12. The first-order valence-corrected chi connectivity index (χ1v) is 6.59. The van der Waals surface area contributed by atoms with E-state index < -0.39 is 42.5 Å². The molecule has 0 saturated heterocycles. The van der Waals surface area contributed by atoms with Crippen LogP contribution in [0.25, 0.3) is 0 Å². The quantitative estimate of drug-likeness (QED) is 0.480. The lowest BCUT2D eigenvalue weighted by Gasteiger charge is -2.11. The molecule has 19 heavy (non-hydrogen) atoms. The van der Waals surface area contributed by atoms with Gasteiger partial charge in [-0.25, -0.2) is 8.42 Å². The van der Waals surface area contributed by atoms with Crippen molar-refractivity contribution >= 4 is 25.6 Å². The van der Waals surface area contributed by atoms with Gasteiger partial charge in [0.1, 0.15) is 5.75 Å². The Balaban J connectivity index is 3.55. The highest BCUT2D eigenvalue weighted by Gasteiger charge is 2.35. The average Bonchev–Trinajstić information content (AvgIpc) is 2.16. The van der Waals surface area contributed by atoms with Gasteiger partial charge >= 0.3 is 21.2 Å². The van der Waals surface area contributed by atoms with Crippen molar-refractivity contribution in [3.05, 3.63) is 21.7 Å². The predicted molar refractivity (Wildman–Crippen MR) is 55.4 cm³/mol. The Morgan fingerprint density at radius 3 is 2.37 bits per heavy atom. The molecule has 0 aliphatic carbocycles. The summed E-state index contributed by atoms with van der Waals surface area (Å²) >= 11 is 0. The third-order valence-electron chi connectivity index (χ3n) is 1.81. The van der Waals surface area contributed by atoms with E-state index in [4.69, 9.17) is 10.7 Å². The SMILES string of the molecule is Cc1c(OC(F)(F)F)cc([N+](=O)[O-])nc1S(=O)(=O)Cl. The highest BCUT2D eigenvalue weighted by molar-refractivity contribution is 8.13. The van der Waals surface area contributed by atoms with Crippen LogP contribution in [0, 0.1) is 17.0 Å². The molecular weight excluding hydrogens is 317 g/mol. The molecule has 0 aliphatic heterocycles. The number of nitro groups is 1. The van der Waals surface area contributed by atoms with E-state index in [1.807, 2.05) is 0 Å². The molecule has 12 heteroatoms. The minimum absolute atomic E-state index is 0.356. The summed E-state index contributed by atoms with van der Waals surface area (Å²) in [5, 5.41) is 9.41. The van der Waals surface area contributed by atoms with Crippen LogP contribution in [0.2, 0.25) is 0 Å². The van der Waals surface area contributed by atoms with Gasteiger partial charge in [0.05, 0.1) is 11.6 Å². The van der Waals surface area contributed by atoms with Gasteiger partial charge in [0.25, 0.3) is 5.03 Å². The lowest BCUT2D eigenvalue weighted by Crippen LogP contribution is -2.19. The van der Waals surface area contributed by atoms with Crippen LogP contribution in [0.3, 0.4) is 0 Å². The topological polar surface area (TPSA) is 99.4 Å². The summed E-state index contributed by atoms with van der Waals surface area (Å²) in [5.41, 5.74) is -0.585. The molecule has 0 N–H and O–H groups in total. The molecule has 0 fully saturated rings. The van der Waals surface area contributed by atoms with Crippen LogP contribution in [0.1, 0.15) is 5.56 Å². The van der Waals surface area contributed by atoms with Crippen LogP contribution >= 0.6 is 10.7 Å². The van der Waals surface area contributed by atoms with Crippen LogP contribution in [0.4, 0.5) is 19.0 Å². The molecule has 0 amide bonds. The number of aromatic nitrogens is 1. The lowest BCUT2D eigenvalue weighted by atomic mass is 10.3. The second-order valence-corrected chi connectivity index (χ2v) is 5.63. The molecule has 0 saturated carbocycles. The van der Waals surface area contributed by atoms with Gasteiger partial charge in [-0.3, -0.25) is 0 Å². The summed E-state index contributed by atoms with van der Waals surface area (Å²) in [4.78, 5) is 12.4. The lowest BCUT2D eigenvalue weighted by molar-refractivity contribution is -0.390. The maximum atomic E-state index is 12.1. The first-order chi connectivity index (χ1) is 8.42. The van der Waals surface area contributed by atoms with Crippen LogP contribution in [0.5, 0.6) is 5.75 Å². The number of nitrogens with zero attached hydrogens (tertiary/aromatic N) is 2. The fourth-order valence-electron chi connectivity index (χ4n) is 1.11.